The Morgan fingerprint density at radius 1 is 1.03 bits per heavy atom. The fourth-order valence-corrected chi connectivity index (χ4v) is 5.40. The molecular weight excluding hydrogens is 521 g/mol. The standard InChI is InChI=1S/C31H29F2O5P/c32-31(33,39)23-9-6-10-24(17-23)36-16-5-4-11-25-26-18-29(34)37-28(26)19-27(25)38-30(35)22-14-12-21(13-15-22)20-7-2-1-3-8-20/h1-4,6-15,17,25-28H,5,16,18-19,39H2/b11-4+/t25?,26-,27-,28+/m1/s1. The number of benzene rings is 3. The minimum atomic E-state index is -3.02. The van der Waals surface area contributed by atoms with Crippen LogP contribution in [0.15, 0.2) is 91.0 Å². The van der Waals surface area contributed by atoms with Crippen molar-refractivity contribution in [2.45, 2.75) is 37.1 Å². The van der Waals surface area contributed by atoms with E-state index in [1.165, 1.54) is 27.4 Å². The molecule has 5 rings (SSSR count). The monoisotopic (exact) mass is 550 g/mol. The smallest absolute Gasteiger partial charge is 0.338 e. The van der Waals surface area contributed by atoms with Gasteiger partial charge in [0.15, 0.2) is 0 Å². The molecule has 1 aliphatic heterocycles. The van der Waals surface area contributed by atoms with Gasteiger partial charge < -0.3 is 14.2 Å². The third-order valence-corrected chi connectivity index (χ3v) is 7.50. The maximum Gasteiger partial charge on any atom is 0.338 e. The van der Waals surface area contributed by atoms with Crippen molar-refractivity contribution in [3.63, 3.8) is 0 Å². The van der Waals surface area contributed by atoms with E-state index >= 15 is 0 Å². The van der Waals surface area contributed by atoms with Crippen LogP contribution in [0.3, 0.4) is 0 Å². The van der Waals surface area contributed by atoms with Crippen LogP contribution in [0.2, 0.25) is 0 Å². The molecule has 39 heavy (non-hydrogen) atoms. The lowest BCUT2D eigenvalue weighted by molar-refractivity contribution is -0.141. The fourth-order valence-electron chi connectivity index (χ4n) is 5.22. The molecule has 2 fully saturated rings. The van der Waals surface area contributed by atoms with Crippen LogP contribution >= 0.6 is 9.24 Å². The van der Waals surface area contributed by atoms with Crippen LogP contribution in [0.1, 0.15) is 35.2 Å². The van der Waals surface area contributed by atoms with E-state index in [1.807, 2.05) is 54.6 Å². The normalized spacial score (nSPS) is 22.5. The number of halogens is 2. The molecule has 1 saturated heterocycles. The number of rotatable bonds is 9. The average molecular weight is 551 g/mol. The summed E-state index contributed by atoms with van der Waals surface area (Å²) in [6.07, 6.45) is 4.42. The number of ether oxygens (including phenoxy) is 3. The van der Waals surface area contributed by atoms with Crippen LogP contribution in [0.25, 0.3) is 11.1 Å². The Kier molecular flexibility index (Phi) is 8.08. The second-order valence-electron chi connectivity index (χ2n) is 9.81. The molecule has 3 aromatic carbocycles. The first-order valence-corrected chi connectivity index (χ1v) is 13.5. The molecule has 8 heteroatoms. The summed E-state index contributed by atoms with van der Waals surface area (Å²) in [5, 5.41) is 0. The summed E-state index contributed by atoms with van der Waals surface area (Å²) in [6.45, 7) is 0.289. The van der Waals surface area contributed by atoms with Crippen molar-refractivity contribution in [1.29, 1.82) is 0 Å². The SMILES string of the molecule is O=C1C[C@@H]2C(/C=C/CCOc3cccc(C(F)(F)P)c3)[C@H](OC(=O)c3ccc(-c4ccccc4)cc3)C[C@@H]2O1. The van der Waals surface area contributed by atoms with E-state index in [4.69, 9.17) is 14.2 Å². The first-order chi connectivity index (χ1) is 18.8. The van der Waals surface area contributed by atoms with Crippen molar-refractivity contribution >= 4 is 21.2 Å². The molecule has 3 aromatic rings. The summed E-state index contributed by atoms with van der Waals surface area (Å²) in [5.41, 5.74) is -0.630. The summed E-state index contributed by atoms with van der Waals surface area (Å²) in [4.78, 5) is 24.9. The number of carbonyl (C=O) groups is 2. The lowest BCUT2D eigenvalue weighted by atomic mass is 9.91. The molecule has 0 radical (unpaired) electrons. The highest BCUT2D eigenvalue weighted by atomic mass is 31.0. The van der Waals surface area contributed by atoms with Gasteiger partial charge in [-0.3, -0.25) is 4.79 Å². The van der Waals surface area contributed by atoms with Gasteiger partial charge in [0.25, 0.3) is 5.66 Å². The zero-order chi connectivity index (χ0) is 27.4. The Labute approximate surface area is 228 Å². The number of fused-ring (bicyclic) bond motifs is 1. The Balaban J connectivity index is 1.20. The van der Waals surface area contributed by atoms with Crippen LogP contribution in [0.4, 0.5) is 8.78 Å². The summed E-state index contributed by atoms with van der Waals surface area (Å²) in [5.74, 6) is -0.525. The Morgan fingerprint density at radius 2 is 1.77 bits per heavy atom. The van der Waals surface area contributed by atoms with Gasteiger partial charge in [0.1, 0.15) is 18.0 Å². The van der Waals surface area contributed by atoms with Crippen molar-refractivity contribution in [3.8, 4) is 16.9 Å². The molecule has 202 valence electrons. The topological polar surface area (TPSA) is 61.8 Å². The van der Waals surface area contributed by atoms with Gasteiger partial charge in [-0.1, -0.05) is 76.0 Å². The van der Waals surface area contributed by atoms with Crippen molar-refractivity contribution in [1.82, 2.24) is 0 Å². The van der Waals surface area contributed by atoms with Crippen molar-refractivity contribution < 1.29 is 32.6 Å². The Bertz CT molecular complexity index is 1340. The van der Waals surface area contributed by atoms with E-state index in [0.29, 0.717) is 24.2 Å². The molecule has 0 spiro atoms. The Morgan fingerprint density at radius 3 is 2.51 bits per heavy atom. The quantitative estimate of drug-likeness (QED) is 0.127. The maximum atomic E-state index is 13.5. The number of carbonyl (C=O) groups excluding carboxylic acids is 2. The van der Waals surface area contributed by atoms with Gasteiger partial charge >= 0.3 is 11.9 Å². The van der Waals surface area contributed by atoms with Gasteiger partial charge in [-0.2, -0.15) is 8.78 Å². The van der Waals surface area contributed by atoms with Gasteiger partial charge in [-0.15, -0.1) is 0 Å². The summed E-state index contributed by atoms with van der Waals surface area (Å²) in [7, 11) is 1.52. The van der Waals surface area contributed by atoms with Gasteiger partial charge in [0.05, 0.1) is 18.6 Å². The molecule has 2 aliphatic rings. The van der Waals surface area contributed by atoms with Crippen molar-refractivity contribution in [2.24, 2.45) is 11.8 Å². The summed E-state index contributed by atoms with van der Waals surface area (Å²) >= 11 is 0. The average Bonchev–Trinajstić information content (AvgIpc) is 3.44. The highest BCUT2D eigenvalue weighted by molar-refractivity contribution is 7.17. The molecule has 0 amide bonds. The van der Waals surface area contributed by atoms with Gasteiger partial charge in [0, 0.05) is 23.8 Å². The van der Waals surface area contributed by atoms with E-state index in [1.54, 1.807) is 18.2 Å². The molecule has 0 bridgehead atoms. The zero-order valence-corrected chi connectivity index (χ0v) is 22.3. The van der Waals surface area contributed by atoms with Crippen molar-refractivity contribution in [3.05, 3.63) is 102 Å². The Hall–Kier alpha value is -3.57. The van der Waals surface area contributed by atoms with E-state index in [2.05, 4.69) is 0 Å². The van der Waals surface area contributed by atoms with Crippen LogP contribution in [-0.4, -0.2) is 30.8 Å². The third-order valence-electron chi connectivity index (χ3n) is 7.17. The van der Waals surface area contributed by atoms with E-state index in [0.717, 1.165) is 11.1 Å². The first kappa shape index (κ1) is 27.0. The molecule has 1 aliphatic carbocycles. The molecule has 0 N–H and O–H groups in total. The lowest BCUT2D eigenvalue weighted by Crippen LogP contribution is -2.24. The summed E-state index contributed by atoms with van der Waals surface area (Å²) < 4.78 is 44.1. The zero-order valence-electron chi connectivity index (χ0n) is 21.2. The molecule has 1 heterocycles. The molecule has 5 nitrogen and oxygen atoms in total. The highest BCUT2D eigenvalue weighted by Gasteiger charge is 2.50. The summed E-state index contributed by atoms with van der Waals surface area (Å²) in [6, 6.07) is 23.0. The van der Waals surface area contributed by atoms with Crippen LogP contribution in [-0.2, 0) is 19.9 Å². The van der Waals surface area contributed by atoms with Crippen LogP contribution < -0.4 is 4.74 Å². The predicted molar refractivity (Wildman–Crippen MR) is 146 cm³/mol. The highest BCUT2D eigenvalue weighted by Crippen LogP contribution is 2.44. The first-order valence-electron chi connectivity index (χ1n) is 12.9. The number of hydrogen-bond donors (Lipinski definition) is 0. The van der Waals surface area contributed by atoms with Gasteiger partial charge in [-0.05, 0) is 41.8 Å². The minimum absolute atomic E-state index is 0.0612. The largest absolute Gasteiger partial charge is 0.493 e. The van der Waals surface area contributed by atoms with E-state index in [-0.39, 0.29) is 42.5 Å². The lowest BCUT2D eigenvalue weighted by Gasteiger charge is -2.20. The number of alkyl halides is 2. The second kappa shape index (κ2) is 11.7. The maximum absolute atomic E-state index is 13.5. The van der Waals surface area contributed by atoms with Crippen molar-refractivity contribution in [2.75, 3.05) is 6.61 Å². The number of hydrogen-bond acceptors (Lipinski definition) is 5. The molecule has 0 aromatic heterocycles. The van der Waals surface area contributed by atoms with Gasteiger partial charge in [-0.25, -0.2) is 4.79 Å². The molecular formula is C31H29F2O5P. The second-order valence-corrected chi connectivity index (χ2v) is 10.5. The molecule has 5 atom stereocenters. The predicted octanol–water partition coefficient (Wildman–Crippen LogP) is 6.78. The van der Waals surface area contributed by atoms with E-state index in [9.17, 15) is 18.4 Å². The number of esters is 2. The molecule has 1 saturated carbocycles. The van der Waals surface area contributed by atoms with E-state index < -0.39 is 17.7 Å². The minimum Gasteiger partial charge on any atom is -0.493 e. The van der Waals surface area contributed by atoms with Crippen LogP contribution in [0, 0.1) is 11.8 Å². The van der Waals surface area contributed by atoms with Crippen LogP contribution in [0.5, 0.6) is 5.75 Å². The molecule has 2 unspecified atom stereocenters. The van der Waals surface area contributed by atoms with Gasteiger partial charge in [0.2, 0.25) is 0 Å². The third kappa shape index (κ3) is 6.54. The fraction of sp³-hybridized carbons (Fsp3) is 0.290.